The molecule has 0 unspecified atom stereocenters. The first-order valence-electron chi connectivity index (χ1n) is 4.59. The molecular weight excluding hydrogens is 212 g/mol. The maximum atomic E-state index is 13.3. The van der Waals surface area contributed by atoms with Gasteiger partial charge in [0.1, 0.15) is 17.3 Å². The Bertz CT molecular complexity index is 526. The molecule has 80 valence electrons. The van der Waals surface area contributed by atoms with Crippen molar-refractivity contribution in [2.24, 2.45) is 0 Å². The third-order valence-electron chi connectivity index (χ3n) is 2.07. The lowest BCUT2D eigenvalue weighted by Crippen LogP contribution is -2.06. The van der Waals surface area contributed by atoms with Crippen LogP contribution in [0.25, 0.3) is 0 Å². The van der Waals surface area contributed by atoms with Crippen LogP contribution in [0.2, 0.25) is 0 Å². The minimum absolute atomic E-state index is 0.132. The average molecular weight is 219 g/mol. The summed E-state index contributed by atoms with van der Waals surface area (Å²) >= 11 is 0. The van der Waals surface area contributed by atoms with Gasteiger partial charge in [-0.15, -0.1) is 0 Å². The van der Waals surface area contributed by atoms with E-state index in [0.29, 0.717) is 6.07 Å². The molecule has 4 heteroatoms. The third-order valence-corrected chi connectivity index (χ3v) is 2.07. The summed E-state index contributed by atoms with van der Waals surface area (Å²) in [5, 5.41) is 0. The molecule has 0 aliphatic carbocycles. The molecule has 0 bridgehead atoms. The van der Waals surface area contributed by atoms with Gasteiger partial charge in [0.2, 0.25) is 5.78 Å². The first kappa shape index (κ1) is 10.4. The summed E-state index contributed by atoms with van der Waals surface area (Å²) in [5.74, 6) is -2.15. The SMILES string of the molecule is O=C(c1ccccn1)c1ccc(F)cc1F. The van der Waals surface area contributed by atoms with E-state index in [-0.39, 0.29) is 11.3 Å². The standard InChI is InChI=1S/C12H7F2NO/c13-8-4-5-9(10(14)7-8)12(16)11-3-1-2-6-15-11/h1-7H. The highest BCUT2D eigenvalue weighted by atomic mass is 19.1. The van der Waals surface area contributed by atoms with E-state index in [1.165, 1.54) is 12.3 Å². The maximum Gasteiger partial charge on any atom is 0.214 e. The largest absolute Gasteiger partial charge is 0.287 e. The Morgan fingerprint density at radius 2 is 1.94 bits per heavy atom. The van der Waals surface area contributed by atoms with Gasteiger partial charge in [0.15, 0.2) is 0 Å². The lowest BCUT2D eigenvalue weighted by Gasteiger charge is -2.01. The number of carbonyl (C=O) groups is 1. The lowest BCUT2D eigenvalue weighted by molar-refractivity contribution is 0.103. The molecule has 0 saturated carbocycles. The number of ketones is 1. The molecule has 1 heterocycles. The first-order chi connectivity index (χ1) is 7.68. The summed E-state index contributed by atoms with van der Waals surface area (Å²) in [5.41, 5.74) is -0.0480. The van der Waals surface area contributed by atoms with E-state index in [4.69, 9.17) is 0 Å². The van der Waals surface area contributed by atoms with Gasteiger partial charge in [-0.2, -0.15) is 0 Å². The number of halogens is 2. The highest BCUT2D eigenvalue weighted by Crippen LogP contribution is 2.13. The highest BCUT2D eigenvalue weighted by Gasteiger charge is 2.15. The van der Waals surface area contributed by atoms with Crippen molar-refractivity contribution in [2.45, 2.75) is 0 Å². The van der Waals surface area contributed by atoms with Crippen LogP contribution >= 0.6 is 0 Å². The Morgan fingerprint density at radius 3 is 2.56 bits per heavy atom. The second-order valence-corrected chi connectivity index (χ2v) is 3.17. The molecule has 1 aromatic heterocycles. The zero-order chi connectivity index (χ0) is 11.5. The molecule has 1 aromatic carbocycles. The van der Waals surface area contributed by atoms with E-state index in [0.717, 1.165) is 12.1 Å². The van der Waals surface area contributed by atoms with Crippen LogP contribution in [0.15, 0.2) is 42.6 Å². The predicted octanol–water partition coefficient (Wildman–Crippen LogP) is 2.59. The number of hydrogen-bond donors (Lipinski definition) is 0. The Morgan fingerprint density at radius 1 is 1.12 bits per heavy atom. The van der Waals surface area contributed by atoms with Crippen molar-refractivity contribution >= 4 is 5.78 Å². The van der Waals surface area contributed by atoms with Gasteiger partial charge >= 0.3 is 0 Å². The van der Waals surface area contributed by atoms with E-state index < -0.39 is 17.4 Å². The van der Waals surface area contributed by atoms with Crippen molar-refractivity contribution in [3.63, 3.8) is 0 Å². The second-order valence-electron chi connectivity index (χ2n) is 3.17. The van der Waals surface area contributed by atoms with E-state index >= 15 is 0 Å². The van der Waals surface area contributed by atoms with Crippen molar-refractivity contribution in [2.75, 3.05) is 0 Å². The van der Waals surface area contributed by atoms with Gasteiger partial charge < -0.3 is 0 Å². The van der Waals surface area contributed by atoms with Crippen LogP contribution in [-0.4, -0.2) is 10.8 Å². The molecule has 0 atom stereocenters. The van der Waals surface area contributed by atoms with Crippen molar-refractivity contribution in [1.29, 1.82) is 0 Å². The summed E-state index contributed by atoms with van der Waals surface area (Å²) < 4.78 is 25.9. The van der Waals surface area contributed by atoms with Crippen LogP contribution in [0.5, 0.6) is 0 Å². The van der Waals surface area contributed by atoms with E-state index in [1.807, 2.05) is 0 Å². The molecule has 0 fully saturated rings. The fourth-order valence-corrected chi connectivity index (χ4v) is 1.31. The van der Waals surface area contributed by atoms with Crippen molar-refractivity contribution in [3.05, 3.63) is 65.5 Å². The van der Waals surface area contributed by atoms with Crippen LogP contribution in [-0.2, 0) is 0 Å². The summed E-state index contributed by atoms with van der Waals surface area (Å²) in [6.45, 7) is 0. The second kappa shape index (κ2) is 4.18. The number of pyridine rings is 1. The van der Waals surface area contributed by atoms with Gasteiger partial charge in [-0.3, -0.25) is 9.78 Å². The smallest absolute Gasteiger partial charge is 0.214 e. The highest BCUT2D eigenvalue weighted by molar-refractivity contribution is 6.07. The van der Waals surface area contributed by atoms with Gasteiger partial charge in [-0.05, 0) is 24.3 Å². The van der Waals surface area contributed by atoms with Crippen LogP contribution in [0.4, 0.5) is 8.78 Å². The zero-order valence-corrected chi connectivity index (χ0v) is 8.15. The summed E-state index contributed by atoms with van der Waals surface area (Å²) in [6, 6.07) is 7.59. The van der Waals surface area contributed by atoms with E-state index in [2.05, 4.69) is 4.98 Å². The number of carbonyl (C=O) groups excluding carboxylic acids is 1. The molecule has 0 aliphatic heterocycles. The molecule has 0 saturated heterocycles. The maximum absolute atomic E-state index is 13.3. The summed E-state index contributed by atoms with van der Waals surface area (Å²) in [7, 11) is 0. The number of aromatic nitrogens is 1. The van der Waals surface area contributed by atoms with Gasteiger partial charge in [-0.25, -0.2) is 8.78 Å². The Kier molecular flexibility index (Phi) is 2.72. The van der Waals surface area contributed by atoms with Gasteiger partial charge in [0.25, 0.3) is 0 Å². The lowest BCUT2D eigenvalue weighted by atomic mass is 10.1. The van der Waals surface area contributed by atoms with E-state index in [9.17, 15) is 13.6 Å². The topological polar surface area (TPSA) is 30.0 Å². The van der Waals surface area contributed by atoms with Crippen molar-refractivity contribution in [3.8, 4) is 0 Å². The summed E-state index contributed by atoms with van der Waals surface area (Å²) in [6.07, 6.45) is 1.44. The quantitative estimate of drug-likeness (QED) is 0.726. The molecule has 16 heavy (non-hydrogen) atoms. The Balaban J connectivity index is 2.42. The Hall–Kier alpha value is -2.10. The normalized spacial score (nSPS) is 10.1. The van der Waals surface area contributed by atoms with Crippen molar-refractivity contribution < 1.29 is 13.6 Å². The molecule has 0 radical (unpaired) electrons. The van der Waals surface area contributed by atoms with Crippen LogP contribution < -0.4 is 0 Å². The van der Waals surface area contributed by atoms with Crippen molar-refractivity contribution in [1.82, 2.24) is 4.98 Å². The minimum Gasteiger partial charge on any atom is -0.287 e. The zero-order valence-electron chi connectivity index (χ0n) is 8.15. The molecule has 0 amide bonds. The monoisotopic (exact) mass is 219 g/mol. The van der Waals surface area contributed by atoms with Gasteiger partial charge in [0, 0.05) is 12.3 Å². The molecule has 2 aromatic rings. The number of hydrogen-bond acceptors (Lipinski definition) is 2. The molecule has 0 N–H and O–H groups in total. The molecule has 0 spiro atoms. The predicted molar refractivity (Wildman–Crippen MR) is 54.0 cm³/mol. The molecule has 0 aliphatic rings. The fourth-order valence-electron chi connectivity index (χ4n) is 1.31. The molecular formula is C12H7F2NO. The van der Waals surface area contributed by atoms with Crippen LogP contribution in [0.1, 0.15) is 16.1 Å². The Labute approximate surface area is 90.6 Å². The van der Waals surface area contributed by atoms with Crippen LogP contribution in [0.3, 0.4) is 0 Å². The third kappa shape index (κ3) is 1.95. The fraction of sp³-hybridized carbons (Fsp3) is 0. The summed E-state index contributed by atoms with van der Waals surface area (Å²) in [4.78, 5) is 15.6. The number of nitrogens with zero attached hydrogens (tertiary/aromatic N) is 1. The van der Waals surface area contributed by atoms with Gasteiger partial charge in [-0.1, -0.05) is 6.07 Å². The number of rotatable bonds is 2. The van der Waals surface area contributed by atoms with Crippen LogP contribution in [0, 0.1) is 11.6 Å². The minimum atomic E-state index is -0.879. The first-order valence-corrected chi connectivity index (χ1v) is 4.59. The van der Waals surface area contributed by atoms with Gasteiger partial charge in [0.05, 0.1) is 5.56 Å². The molecule has 2 rings (SSSR count). The van der Waals surface area contributed by atoms with E-state index in [1.54, 1.807) is 12.1 Å². The number of benzene rings is 1. The molecule has 2 nitrogen and oxygen atoms in total. The average Bonchev–Trinajstić information content (AvgIpc) is 2.29.